The first-order valence-electron chi connectivity index (χ1n) is 5.02. The smallest absolute Gasteiger partial charge is 0.0746 e. The van der Waals surface area contributed by atoms with E-state index in [1.807, 2.05) is 6.92 Å². The van der Waals surface area contributed by atoms with Crippen molar-refractivity contribution in [2.45, 2.75) is 38.2 Å². The Morgan fingerprint density at radius 3 is 3.00 bits per heavy atom. The summed E-state index contributed by atoms with van der Waals surface area (Å²) in [7, 11) is 0. The number of β-amino-alcohol motifs (C(OH)–C–C–N with tert-alkyl or cyclic N) is 1. The highest BCUT2D eigenvalue weighted by Crippen LogP contribution is 2.20. The Kier molecular flexibility index (Phi) is 3.77. The van der Waals surface area contributed by atoms with Crippen LogP contribution in [-0.2, 0) is 0 Å². The lowest BCUT2D eigenvalue weighted by Crippen LogP contribution is -2.46. The summed E-state index contributed by atoms with van der Waals surface area (Å²) in [6.45, 7) is 4.86. The van der Waals surface area contributed by atoms with Crippen LogP contribution in [-0.4, -0.2) is 35.2 Å². The normalized spacial score (nSPS) is 29.9. The molecule has 1 atom stereocenters. The van der Waals surface area contributed by atoms with Crippen LogP contribution in [0.1, 0.15) is 32.6 Å². The van der Waals surface area contributed by atoms with Gasteiger partial charge >= 0.3 is 0 Å². The third-order valence-electron chi connectivity index (χ3n) is 2.55. The number of likely N-dealkylation sites (tertiary alicyclic amines) is 1. The van der Waals surface area contributed by atoms with Gasteiger partial charge in [-0.25, -0.2) is 0 Å². The van der Waals surface area contributed by atoms with E-state index in [9.17, 15) is 5.11 Å². The van der Waals surface area contributed by atoms with Crippen molar-refractivity contribution in [2.75, 3.05) is 19.6 Å². The van der Waals surface area contributed by atoms with Crippen molar-refractivity contribution in [2.24, 2.45) is 0 Å². The number of nitrogens with zero attached hydrogens (tertiary/aromatic N) is 1. The van der Waals surface area contributed by atoms with E-state index in [4.69, 9.17) is 6.42 Å². The second kappa shape index (κ2) is 4.64. The van der Waals surface area contributed by atoms with E-state index in [0.717, 1.165) is 45.3 Å². The molecule has 0 saturated carbocycles. The summed E-state index contributed by atoms with van der Waals surface area (Å²) >= 11 is 0. The quantitative estimate of drug-likeness (QED) is 0.523. The molecule has 0 amide bonds. The largest absolute Gasteiger partial charge is 0.389 e. The molecule has 0 aliphatic carbocycles. The van der Waals surface area contributed by atoms with Crippen molar-refractivity contribution in [3.63, 3.8) is 0 Å². The molecule has 1 unspecified atom stereocenters. The van der Waals surface area contributed by atoms with Crippen molar-refractivity contribution in [1.82, 2.24) is 4.90 Å². The zero-order valence-corrected chi connectivity index (χ0v) is 8.42. The molecule has 0 aromatic heterocycles. The molecular formula is C11H19NO. The van der Waals surface area contributed by atoms with Crippen molar-refractivity contribution in [3.8, 4) is 12.3 Å². The van der Waals surface area contributed by atoms with Crippen molar-refractivity contribution >= 4 is 0 Å². The molecular weight excluding hydrogens is 162 g/mol. The Balaban J connectivity index is 2.23. The Morgan fingerprint density at radius 2 is 2.38 bits per heavy atom. The number of hydrogen-bond donors (Lipinski definition) is 1. The molecule has 0 aromatic carbocycles. The highest BCUT2D eigenvalue weighted by atomic mass is 16.3. The van der Waals surface area contributed by atoms with Crippen LogP contribution in [0.4, 0.5) is 0 Å². The molecule has 2 heteroatoms. The Labute approximate surface area is 80.9 Å². The Hall–Kier alpha value is -0.520. The molecule has 0 aromatic rings. The molecule has 1 aliphatic rings. The molecule has 1 heterocycles. The van der Waals surface area contributed by atoms with Gasteiger partial charge in [-0.3, -0.25) is 0 Å². The van der Waals surface area contributed by atoms with E-state index in [2.05, 4.69) is 10.8 Å². The summed E-state index contributed by atoms with van der Waals surface area (Å²) in [4.78, 5) is 2.31. The average molecular weight is 181 g/mol. The summed E-state index contributed by atoms with van der Waals surface area (Å²) in [6.07, 6.45) is 9.10. The molecule has 1 aliphatic heterocycles. The lowest BCUT2D eigenvalue weighted by molar-refractivity contribution is -0.0155. The van der Waals surface area contributed by atoms with Crippen LogP contribution in [0, 0.1) is 12.3 Å². The molecule has 1 fully saturated rings. The minimum Gasteiger partial charge on any atom is -0.389 e. The number of terminal acetylenes is 1. The molecule has 1 saturated heterocycles. The van der Waals surface area contributed by atoms with Gasteiger partial charge in [0.25, 0.3) is 0 Å². The van der Waals surface area contributed by atoms with Crippen LogP contribution in [0.25, 0.3) is 0 Å². The summed E-state index contributed by atoms with van der Waals surface area (Å²) in [5.74, 6) is 2.64. The van der Waals surface area contributed by atoms with Crippen LogP contribution in [0.15, 0.2) is 0 Å². The van der Waals surface area contributed by atoms with Gasteiger partial charge in [-0.05, 0) is 39.3 Å². The van der Waals surface area contributed by atoms with Crippen molar-refractivity contribution in [3.05, 3.63) is 0 Å². The molecule has 74 valence electrons. The summed E-state index contributed by atoms with van der Waals surface area (Å²) in [5, 5.41) is 9.82. The van der Waals surface area contributed by atoms with Crippen LogP contribution in [0.3, 0.4) is 0 Å². The highest BCUT2D eigenvalue weighted by Gasteiger charge is 2.27. The minimum absolute atomic E-state index is 0.478. The second-order valence-corrected chi connectivity index (χ2v) is 4.18. The van der Waals surface area contributed by atoms with E-state index < -0.39 is 5.60 Å². The van der Waals surface area contributed by atoms with Gasteiger partial charge in [-0.1, -0.05) is 0 Å². The predicted octanol–water partition coefficient (Wildman–Crippen LogP) is 1.25. The van der Waals surface area contributed by atoms with Gasteiger partial charge < -0.3 is 10.0 Å². The fourth-order valence-electron chi connectivity index (χ4n) is 1.92. The molecule has 0 spiro atoms. The molecule has 1 rings (SSSR count). The topological polar surface area (TPSA) is 23.5 Å². The van der Waals surface area contributed by atoms with Gasteiger partial charge in [-0.2, -0.15) is 0 Å². The van der Waals surface area contributed by atoms with E-state index >= 15 is 0 Å². The summed E-state index contributed by atoms with van der Waals surface area (Å²) in [5.41, 5.74) is -0.478. The average Bonchev–Trinajstić information content (AvgIpc) is 2.03. The monoisotopic (exact) mass is 181 g/mol. The zero-order chi connectivity index (χ0) is 9.73. The van der Waals surface area contributed by atoms with Gasteiger partial charge in [0.05, 0.1) is 5.60 Å². The van der Waals surface area contributed by atoms with Gasteiger partial charge in [0.1, 0.15) is 0 Å². The molecule has 2 nitrogen and oxygen atoms in total. The van der Waals surface area contributed by atoms with Gasteiger partial charge in [0.2, 0.25) is 0 Å². The summed E-state index contributed by atoms with van der Waals surface area (Å²) in [6, 6.07) is 0. The van der Waals surface area contributed by atoms with Crippen LogP contribution in [0.2, 0.25) is 0 Å². The lowest BCUT2D eigenvalue weighted by atomic mass is 9.95. The van der Waals surface area contributed by atoms with Crippen molar-refractivity contribution in [1.29, 1.82) is 0 Å². The van der Waals surface area contributed by atoms with Gasteiger partial charge in [0, 0.05) is 13.0 Å². The van der Waals surface area contributed by atoms with Gasteiger partial charge in [0.15, 0.2) is 0 Å². The van der Waals surface area contributed by atoms with Gasteiger partial charge in [-0.15, -0.1) is 12.3 Å². The van der Waals surface area contributed by atoms with Crippen molar-refractivity contribution < 1.29 is 5.11 Å². The first kappa shape index (κ1) is 10.6. The van der Waals surface area contributed by atoms with Crippen LogP contribution < -0.4 is 0 Å². The number of rotatable bonds is 3. The number of hydrogen-bond acceptors (Lipinski definition) is 2. The molecule has 1 N–H and O–H groups in total. The summed E-state index contributed by atoms with van der Waals surface area (Å²) < 4.78 is 0. The van der Waals surface area contributed by atoms with E-state index in [0.29, 0.717) is 0 Å². The lowest BCUT2D eigenvalue weighted by Gasteiger charge is -2.36. The van der Waals surface area contributed by atoms with Crippen LogP contribution in [0.5, 0.6) is 0 Å². The molecule has 13 heavy (non-hydrogen) atoms. The second-order valence-electron chi connectivity index (χ2n) is 4.18. The maximum atomic E-state index is 9.82. The minimum atomic E-state index is -0.478. The third kappa shape index (κ3) is 3.80. The maximum Gasteiger partial charge on any atom is 0.0746 e. The Bertz CT molecular complexity index is 193. The standard InChI is InChI=1S/C11H19NO/c1-3-4-5-8-12-9-6-7-11(2,13)10-12/h1,13H,4-10H2,2H3. The maximum absolute atomic E-state index is 9.82. The zero-order valence-electron chi connectivity index (χ0n) is 8.42. The van der Waals surface area contributed by atoms with E-state index in [-0.39, 0.29) is 0 Å². The number of unbranched alkanes of at least 4 members (excludes halogenated alkanes) is 1. The highest BCUT2D eigenvalue weighted by molar-refractivity contribution is 4.86. The molecule has 0 bridgehead atoms. The fourth-order valence-corrected chi connectivity index (χ4v) is 1.92. The van der Waals surface area contributed by atoms with E-state index in [1.165, 1.54) is 0 Å². The Morgan fingerprint density at radius 1 is 1.62 bits per heavy atom. The SMILES string of the molecule is C#CCCCN1CCCC(C)(O)C1. The third-order valence-corrected chi connectivity index (χ3v) is 2.55. The van der Waals surface area contributed by atoms with E-state index in [1.54, 1.807) is 0 Å². The number of aliphatic hydroxyl groups is 1. The molecule has 0 radical (unpaired) electrons. The van der Waals surface area contributed by atoms with Crippen LogP contribution >= 0.6 is 0 Å². The first-order valence-corrected chi connectivity index (χ1v) is 5.02. The number of piperidine rings is 1. The first-order chi connectivity index (χ1) is 6.14. The predicted molar refractivity (Wildman–Crippen MR) is 54.4 cm³/mol. The fraction of sp³-hybridized carbons (Fsp3) is 0.818.